The Morgan fingerprint density at radius 1 is 0.895 bits per heavy atom. The summed E-state index contributed by atoms with van der Waals surface area (Å²) in [7, 11) is 0. The zero-order valence-corrected chi connectivity index (χ0v) is 11.3. The lowest BCUT2D eigenvalue weighted by molar-refractivity contribution is 0.650. The first-order chi connectivity index (χ1) is 9.34. The van der Waals surface area contributed by atoms with E-state index in [2.05, 4.69) is 48.5 Å². The molecule has 1 aliphatic rings. The maximum Gasteiger partial charge on any atom is 0.0338 e. The molecule has 0 aliphatic heterocycles. The second-order valence-electron chi connectivity index (χ2n) is 5.49. The van der Waals surface area contributed by atoms with Crippen LogP contribution >= 0.6 is 0 Å². The molecule has 0 saturated heterocycles. The molecular formula is C18H21N. The highest BCUT2D eigenvalue weighted by molar-refractivity contribution is 5.39. The maximum absolute atomic E-state index is 6.45. The van der Waals surface area contributed by atoms with Crippen molar-refractivity contribution in [3.63, 3.8) is 0 Å². The van der Waals surface area contributed by atoms with E-state index < -0.39 is 0 Å². The van der Waals surface area contributed by atoms with Gasteiger partial charge in [-0.15, -0.1) is 0 Å². The summed E-state index contributed by atoms with van der Waals surface area (Å²) in [5, 5.41) is 0. The molecule has 19 heavy (non-hydrogen) atoms. The van der Waals surface area contributed by atoms with Crippen molar-refractivity contribution in [2.24, 2.45) is 5.73 Å². The quantitative estimate of drug-likeness (QED) is 0.882. The van der Waals surface area contributed by atoms with Gasteiger partial charge in [-0.3, -0.25) is 0 Å². The number of hydrogen-bond donors (Lipinski definition) is 1. The molecule has 0 fully saturated rings. The number of benzene rings is 2. The fraction of sp³-hybridized carbons (Fsp3) is 0.333. The summed E-state index contributed by atoms with van der Waals surface area (Å²) in [4.78, 5) is 0. The van der Waals surface area contributed by atoms with E-state index in [1.165, 1.54) is 47.9 Å². The molecule has 2 aromatic rings. The van der Waals surface area contributed by atoms with Gasteiger partial charge in [0.25, 0.3) is 0 Å². The number of rotatable bonds is 3. The molecule has 0 aromatic heterocycles. The van der Waals surface area contributed by atoms with E-state index in [-0.39, 0.29) is 6.04 Å². The van der Waals surface area contributed by atoms with Crippen LogP contribution in [0.4, 0.5) is 0 Å². The molecule has 0 heterocycles. The van der Waals surface area contributed by atoms with Gasteiger partial charge in [0, 0.05) is 6.04 Å². The van der Waals surface area contributed by atoms with Crippen LogP contribution < -0.4 is 5.73 Å². The maximum atomic E-state index is 6.45. The minimum atomic E-state index is 0.121. The fourth-order valence-electron chi connectivity index (χ4n) is 3.14. The van der Waals surface area contributed by atoms with E-state index in [1.807, 2.05) is 0 Å². The molecule has 98 valence electrons. The van der Waals surface area contributed by atoms with E-state index in [9.17, 15) is 0 Å². The zero-order valence-electron chi connectivity index (χ0n) is 11.3. The van der Waals surface area contributed by atoms with E-state index in [0.29, 0.717) is 0 Å². The van der Waals surface area contributed by atoms with Crippen LogP contribution in [0, 0.1) is 0 Å². The topological polar surface area (TPSA) is 26.0 Å². The molecule has 0 amide bonds. The van der Waals surface area contributed by atoms with E-state index in [1.54, 1.807) is 0 Å². The largest absolute Gasteiger partial charge is 0.324 e. The summed E-state index contributed by atoms with van der Waals surface area (Å²) in [6.07, 6.45) is 5.99. The Morgan fingerprint density at radius 2 is 1.68 bits per heavy atom. The van der Waals surface area contributed by atoms with Crippen molar-refractivity contribution < 1.29 is 0 Å². The minimum Gasteiger partial charge on any atom is -0.324 e. The smallest absolute Gasteiger partial charge is 0.0338 e. The van der Waals surface area contributed by atoms with Crippen molar-refractivity contribution in [1.29, 1.82) is 0 Å². The van der Waals surface area contributed by atoms with Gasteiger partial charge in [0.15, 0.2) is 0 Å². The van der Waals surface area contributed by atoms with Crippen LogP contribution in [-0.2, 0) is 19.3 Å². The van der Waals surface area contributed by atoms with Crippen molar-refractivity contribution in [2.75, 3.05) is 0 Å². The van der Waals surface area contributed by atoms with Gasteiger partial charge in [0.05, 0.1) is 0 Å². The lowest BCUT2D eigenvalue weighted by Gasteiger charge is -2.23. The van der Waals surface area contributed by atoms with Gasteiger partial charge in [-0.1, -0.05) is 48.5 Å². The Balaban J connectivity index is 1.86. The standard InChI is InChI=1S/C18H21N/c19-18(13-14-7-2-1-3-8-14)17-12-6-10-15-9-4-5-11-16(15)17/h1-3,6-8,10,12,18H,4-5,9,11,13,19H2/t18-/m1/s1. The third-order valence-electron chi connectivity index (χ3n) is 4.13. The summed E-state index contributed by atoms with van der Waals surface area (Å²) in [6.45, 7) is 0. The van der Waals surface area contributed by atoms with Gasteiger partial charge in [-0.25, -0.2) is 0 Å². The first-order valence-corrected chi connectivity index (χ1v) is 7.25. The molecule has 3 rings (SSSR count). The molecule has 0 saturated carbocycles. The van der Waals surface area contributed by atoms with Crippen LogP contribution in [-0.4, -0.2) is 0 Å². The molecule has 0 radical (unpaired) electrons. The highest BCUT2D eigenvalue weighted by atomic mass is 14.6. The Bertz CT molecular complexity index is 545. The van der Waals surface area contributed by atoms with Gasteiger partial charge in [-0.2, -0.15) is 0 Å². The van der Waals surface area contributed by atoms with Crippen molar-refractivity contribution in [3.05, 3.63) is 70.8 Å². The number of nitrogens with two attached hydrogens (primary N) is 1. The van der Waals surface area contributed by atoms with Crippen molar-refractivity contribution in [1.82, 2.24) is 0 Å². The van der Waals surface area contributed by atoms with Crippen LogP contribution in [0.5, 0.6) is 0 Å². The molecule has 0 bridgehead atoms. The Hall–Kier alpha value is -1.60. The number of hydrogen-bond acceptors (Lipinski definition) is 1. The Morgan fingerprint density at radius 3 is 2.53 bits per heavy atom. The highest BCUT2D eigenvalue weighted by Gasteiger charge is 2.17. The van der Waals surface area contributed by atoms with Crippen LogP contribution in [0.3, 0.4) is 0 Å². The van der Waals surface area contributed by atoms with Crippen LogP contribution in [0.15, 0.2) is 48.5 Å². The molecule has 1 atom stereocenters. The monoisotopic (exact) mass is 251 g/mol. The second kappa shape index (κ2) is 5.58. The molecule has 1 aliphatic carbocycles. The summed E-state index contributed by atoms with van der Waals surface area (Å²) >= 11 is 0. The molecule has 0 spiro atoms. The SMILES string of the molecule is N[C@H](Cc1ccccc1)c1cccc2c1CCCC2. The summed E-state index contributed by atoms with van der Waals surface area (Å²) < 4.78 is 0. The third kappa shape index (κ3) is 2.71. The highest BCUT2D eigenvalue weighted by Crippen LogP contribution is 2.28. The van der Waals surface area contributed by atoms with Gasteiger partial charge in [0.1, 0.15) is 0 Å². The molecule has 2 aromatic carbocycles. The molecule has 0 unspecified atom stereocenters. The van der Waals surface area contributed by atoms with Crippen LogP contribution in [0.2, 0.25) is 0 Å². The fourth-order valence-corrected chi connectivity index (χ4v) is 3.14. The second-order valence-corrected chi connectivity index (χ2v) is 5.49. The summed E-state index contributed by atoms with van der Waals surface area (Å²) in [6, 6.07) is 17.3. The number of fused-ring (bicyclic) bond motifs is 1. The van der Waals surface area contributed by atoms with Gasteiger partial charge < -0.3 is 5.73 Å². The molecule has 1 nitrogen and oxygen atoms in total. The third-order valence-corrected chi connectivity index (χ3v) is 4.13. The zero-order chi connectivity index (χ0) is 13.1. The van der Waals surface area contributed by atoms with Crippen molar-refractivity contribution in [3.8, 4) is 0 Å². The Kier molecular flexibility index (Phi) is 3.65. The van der Waals surface area contributed by atoms with Gasteiger partial charge in [0.2, 0.25) is 0 Å². The predicted molar refractivity (Wildman–Crippen MR) is 80.2 cm³/mol. The minimum absolute atomic E-state index is 0.121. The van der Waals surface area contributed by atoms with Crippen molar-refractivity contribution >= 4 is 0 Å². The molecular weight excluding hydrogens is 230 g/mol. The normalized spacial score (nSPS) is 15.8. The lowest BCUT2D eigenvalue weighted by atomic mass is 9.85. The van der Waals surface area contributed by atoms with E-state index in [0.717, 1.165) is 6.42 Å². The first-order valence-electron chi connectivity index (χ1n) is 7.25. The van der Waals surface area contributed by atoms with E-state index >= 15 is 0 Å². The number of aryl methyl sites for hydroxylation is 1. The first kappa shape index (κ1) is 12.4. The molecule has 2 N–H and O–H groups in total. The lowest BCUT2D eigenvalue weighted by Crippen LogP contribution is -2.17. The van der Waals surface area contributed by atoms with Crippen molar-refractivity contribution in [2.45, 2.75) is 38.1 Å². The molecule has 1 heteroatoms. The van der Waals surface area contributed by atoms with Gasteiger partial charge in [-0.05, 0) is 54.4 Å². The van der Waals surface area contributed by atoms with Crippen LogP contribution in [0.1, 0.15) is 41.1 Å². The average Bonchev–Trinajstić information content (AvgIpc) is 2.47. The Labute approximate surface area is 115 Å². The predicted octanol–water partition coefficient (Wildman–Crippen LogP) is 3.81. The van der Waals surface area contributed by atoms with E-state index in [4.69, 9.17) is 5.73 Å². The summed E-state index contributed by atoms with van der Waals surface area (Å²) in [5.41, 5.74) is 12.2. The van der Waals surface area contributed by atoms with Crippen LogP contribution in [0.25, 0.3) is 0 Å². The average molecular weight is 251 g/mol. The van der Waals surface area contributed by atoms with Gasteiger partial charge >= 0.3 is 0 Å². The summed E-state index contributed by atoms with van der Waals surface area (Å²) in [5.74, 6) is 0.